The number of amidine groups is 1. The number of nitrogens with zero attached hydrogens (tertiary/aromatic N) is 5. The molecule has 3 aliphatic heterocycles. The summed E-state index contributed by atoms with van der Waals surface area (Å²) in [6.07, 6.45) is 0.717. The Balaban J connectivity index is 1.27. The topological polar surface area (TPSA) is 101 Å². The van der Waals surface area contributed by atoms with Crippen LogP contribution in [0.5, 0.6) is 0 Å². The molecule has 2 amide bonds. The third-order valence-corrected chi connectivity index (χ3v) is 8.47. The Bertz CT molecular complexity index is 1550. The molecular formula is C33H38N6O4. The number of aliphatic hydroxyl groups is 1. The van der Waals surface area contributed by atoms with Crippen molar-refractivity contribution in [1.29, 1.82) is 0 Å². The molecule has 43 heavy (non-hydrogen) atoms. The minimum absolute atomic E-state index is 0.0827. The number of hydrogen-bond donors (Lipinski definition) is 2. The van der Waals surface area contributed by atoms with Gasteiger partial charge in [-0.05, 0) is 66.1 Å². The number of amides is 2. The Labute approximate surface area is 252 Å². The fourth-order valence-corrected chi connectivity index (χ4v) is 6.05. The number of rotatable bonds is 6. The third kappa shape index (κ3) is 5.68. The minimum atomic E-state index is -0.408. The van der Waals surface area contributed by atoms with Crippen LogP contribution in [0.2, 0.25) is 0 Å². The van der Waals surface area contributed by atoms with Gasteiger partial charge in [-0.2, -0.15) is 0 Å². The number of anilines is 4. The summed E-state index contributed by atoms with van der Waals surface area (Å²) >= 11 is 0. The zero-order valence-corrected chi connectivity index (χ0v) is 24.9. The van der Waals surface area contributed by atoms with Crippen LogP contribution in [0.15, 0.2) is 65.7 Å². The van der Waals surface area contributed by atoms with Crippen LogP contribution in [-0.4, -0.2) is 88.2 Å². The van der Waals surface area contributed by atoms with Gasteiger partial charge in [-0.15, -0.1) is 0 Å². The molecule has 1 unspecified atom stereocenters. The first-order valence-corrected chi connectivity index (χ1v) is 14.7. The van der Waals surface area contributed by atoms with Crippen molar-refractivity contribution in [2.24, 2.45) is 4.99 Å². The molecule has 3 aliphatic rings. The molecule has 0 spiro atoms. The molecule has 0 aliphatic carbocycles. The first-order chi connectivity index (χ1) is 20.8. The van der Waals surface area contributed by atoms with Crippen molar-refractivity contribution in [1.82, 2.24) is 4.90 Å². The molecule has 1 fully saturated rings. The number of fused-ring (bicyclic) bond motifs is 1. The van der Waals surface area contributed by atoms with E-state index in [2.05, 4.69) is 16.3 Å². The van der Waals surface area contributed by atoms with Crippen molar-refractivity contribution in [3.63, 3.8) is 0 Å². The second-order valence-corrected chi connectivity index (χ2v) is 11.4. The zero-order chi connectivity index (χ0) is 30.1. The number of morpholine rings is 1. The van der Waals surface area contributed by atoms with Crippen LogP contribution in [0.25, 0.3) is 0 Å². The Morgan fingerprint density at radius 1 is 1.00 bits per heavy atom. The first-order valence-electron chi connectivity index (χ1n) is 14.7. The second kappa shape index (κ2) is 12.1. The quantitative estimate of drug-likeness (QED) is 0.460. The maximum atomic E-state index is 13.7. The van der Waals surface area contributed by atoms with Gasteiger partial charge in [0.05, 0.1) is 25.9 Å². The van der Waals surface area contributed by atoms with Crippen LogP contribution < -0.4 is 20.0 Å². The van der Waals surface area contributed by atoms with E-state index in [1.54, 1.807) is 16.8 Å². The minimum Gasteiger partial charge on any atom is -0.392 e. The van der Waals surface area contributed by atoms with Gasteiger partial charge >= 0.3 is 0 Å². The Hall–Kier alpha value is -4.41. The van der Waals surface area contributed by atoms with E-state index >= 15 is 0 Å². The second-order valence-electron chi connectivity index (χ2n) is 11.4. The van der Waals surface area contributed by atoms with E-state index in [-0.39, 0.29) is 24.3 Å². The molecule has 2 N–H and O–H groups in total. The fourth-order valence-electron chi connectivity index (χ4n) is 6.05. The molecule has 10 nitrogen and oxygen atoms in total. The SMILES string of the molecule is CN1CC(c2cccc(N3CCc4cc(N(C)C)ccc4C3=O)c2CO)N=C(Nc2ccc(N3CCOCC3)cc2)C1=O. The van der Waals surface area contributed by atoms with E-state index in [0.29, 0.717) is 43.1 Å². The highest BCUT2D eigenvalue weighted by Crippen LogP contribution is 2.35. The average Bonchev–Trinajstić information content (AvgIpc) is 3.03. The molecule has 0 saturated carbocycles. The van der Waals surface area contributed by atoms with Gasteiger partial charge in [-0.3, -0.25) is 14.6 Å². The number of carbonyl (C=O) groups excluding carboxylic acids is 2. The van der Waals surface area contributed by atoms with E-state index in [9.17, 15) is 14.7 Å². The number of likely N-dealkylation sites (N-methyl/N-ethyl adjacent to an activating group) is 1. The largest absolute Gasteiger partial charge is 0.392 e. The van der Waals surface area contributed by atoms with E-state index in [4.69, 9.17) is 9.73 Å². The normalized spacial score (nSPS) is 18.8. The van der Waals surface area contributed by atoms with Crippen molar-refractivity contribution >= 4 is 40.4 Å². The van der Waals surface area contributed by atoms with Crippen LogP contribution in [0.3, 0.4) is 0 Å². The molecular weight excluding hydrogens is 544 g/mol. The number of nitrogens with one attached hydrogen (secondary N) is 1. The molecule has 3 aromatic carbocycles. The third-order valence-electron chi connectivity index (χ3n) is 8.47. The smallest absolute Gasteiger partial charge is 0.289 e. The zero-order valence-electron chi connectivity index (χ0n) is 24.9. The molecule has 224 valence electrons. The summed E-state index contributed by atoms with van der Waals surface area (Å²) in [6, 6.07) is 19.2. The van der Waals surface area contributed by atoms with Gasteiger partial charge in [0.15, 0.2) is 5.84 Å². The van der Waals surface area contributed by atoms with Crippen LogP contribution in [0.4, 0.5) is 22.7 Å². The number of hydrogen-bond acceptors (Lipinski definition) is 8. The van der Waals surface area contributed by atoms with Gasteiger partial charge in [0.2, 0.25) is 0 Å². The first kappa shape index (κ1) is 28.7. The summed E-state index contributed by atoms with van der Waals surface area (Å²) < 4.78 is 5.45. The van der Waals surface area contributed by atoms with Crippen molar-refractivity contribution in [3.8, 4) is 0 Å². The van der Waals surface area contributed by atoms with Gasteiger partial charge in [0.25, 0.3) is 11.8 Å². The highest BCUT2D eigenvalue weighted by Gasteiger charge is 2.32. The predicted molar refractivity (Wildman–Crippen MR) is 169 cm³/mol. The lowest BCUT2D eigenvalue weighted by atomic mass is 9.94. The van der Waals surface area contributed by atoms with Gasteiger partial charge < -0.3 is 34.8 Å². The molecule has 6 rings (SSSR count). The Morgan fingerprint density at radius 3 is 2.49 bits per heavy atom. The summed E-state index contributed by atoms with van der Waals surface area (Å²) in [4.78, 5) is 39.3. The van der Waals surface area contributed by atoms with Crippen LogP contribution >= 0.6 is 0 Å². The summed E-state index contributed by atoms with van der Waals surface area (Å²) in [5.74, 6) is -0.0392. The van der Waals surface area contributed by atoms with Crippen LogP contribution in [0.1, 0.15) is 33.1 Å². The molecule has 3 heterocycles. The summed E-state index contributed by atoms with van der Waals surface area (Å²) in [5, 5.41) is 13.8. The number of carbonyl (C=O) groups is 2. The number of ether oxygens (including phenoxy) is 1. The number of aliphatic imine (C=N–C) groups is 1. The van der Waals surface area contributed by atoms with Crippen molar-refractivity contribution in [3.05, 3.63) is 82.9 Å². The lowest BCUT2D eigenvalue weighted by Gasteiger charge is -2.33. The fraction of sp³-hybridized carbons (Fsp3) is 0.364. The monoisotopic (exact) mass is 582 g/mol. The summed E-state index contributed by atoms with van der Waals surface area (Å²) in [7, 11) is 5.72. The van der Waals surface area contributed by atoms with Crippen LogP contribution in [0, 0.1) is 0 Å². The lowest BCUT2D eigenvalue weighted by Crippen LogP contribution is -2.44. The number of benzene rings is 3. The molecule has 10 heteroatoms. The van der Waals surface area contributed by atoms with E-state index in [1.165, 1.54) is 0 Å². The van der Waals surface area contributed by atoms with Crippen molar-refractivity contribution in [2.75, 3.05) is 80.6 Å². The Kier molecular flexibility index (Phi) is 8.05. The van der Waals surface area contributed by atoms with Crippen molar-refractivity contribution in [2.45, 2.75) is 19.1 Å². The molecule has 1 atom stereocenters. The number of aliphatic hydroxyl groups excluding tert-OH is 1. The van der Waals surface area contributed by atoms with E-state index in [0.717, 1.165) is 47.7 Å². The summed E-state index contributed by atoms with van der Waals surface area (Å²) in [5.41, 5.74) is 6.76. The Morgan fingerprint density at radius 2 is 1.77 bits per heavy atom. The molecule has 1 saturated heterocycles. The molecule has 0 radical (unpaired) electrons. The summed E-state index contributed by atoms with van der Waals surface area (Å²) in [6.45, 7) is 3.75. The van der Waals surface area contributed by atoms with E-state index < -0.39 is 6.04 Å². The van der Waals surface area contributed by atoms with Gasteiger partial charge in [-0.25, -0.2) is 0 Å². The highest BCUT2D eigenvalue weighted by atomic mass is 16.5. The average molecular weight is 583 g/mol. The van der Waals surface area contributed by atoms with E-state index in [1.807, 2.05) is 73.6 Å². The standard InChI is InChI=1S/C33H38N6O4/c1-36(2)25-11-12-26-22(19-25)13-14-39(32(26)41)30-6-4-5-27(28(30)21-40)29-20-37(3)33(42)31(35-29)34-23-7-9-24(10-8-23)38-15-17-43-18-16-38/h4-12,19,29,40H,13-18,20-21H2,1-3H3,(H,34,35). The van der Waals surface area contributed by atoms with Crippen LogP contribution in [-0.2, 0) is 22.6 Å². The van der Waals surface area contributed by atoms with Gasteiger partial charge in [0, 0.05) is 81.2 Å². The molecule has 0 bridgehead atoms. The van der Waals surface area contributed by atoms with Gasteiger partial charge in [0.1, 0.15) is 0 Å². The molecule has 0 aromatic heterocycles. The predicted octanol–water partition coefficient (Wildman–Crippen LogP) is 3.31. The van der Waals surface area contributed by atoms with Crippen molar-refractivity contribution < 1.29 is 19.4 Å². The maximum Gasteiger partial charge on any atom is 0.289 e. The lowest BCUT2D eigenvalue weighted by molar-refractivity contribution is -0.123. The maximum absolute atomic E-state index is 13.7. The molecule has 3 aromatic rings. The highest BCUT2D eigenvalue weighted by molar-refractivity contribution is 6.42. The van der Waals surface area contributed by atoms with Gasteiger partial charge in [-0.1, -0.05) is 12.1 Å².